The number of rotatable bonds is 5. The van der Waals surface area contributed by atoms with E-state index >= 15 is 0 Å². The molecule has 0 fully saturated rings. The second-order valence-corrected chi connectivity index (χ2v) is 5.62. The predicted molar refractivity (Wildman–Crippen MR) is 89.8 cm³/mol. The van der Waals surface area contributed by atoms with Gasteiger partial charge in [-0.1, -0.05) is 49.4 Å². The zero-order chi connectivity index (χ0) is 14.7. The minimum Gasteiger partial charge on any atom is -0.307 e. The van der Waals surface area contributed by atoms with Crippen LogP contribution in [0, 0.1) is 0 Å². The molecular formula is C20H21N. The van der Waals surface area contributed by atoms with Crippen molar-refractivity contribution < 1.29 is 0 Å². The number of aryl methyl sites for hydroxylation is 1. The summed E-state index contributed by atoms with van der Waals surface area (Å²) in [5, 5.41) is 0. The van der Waals surface area contributed by atoms with Crippen LogP contribution >= 0.6 is 0 Å². The lowest BCUT2D eigenvalue weighted by atomic mass is 10.0. The molecule has 0 atom stereocenters. The van der Waals surface area contributed by atoms with Crippen LogP contribution in [0.25, 0.3) is 0 Å². The van der Waals surface area contributed by atoms with Crippen LogP contribution in [-0.4, -0.2) is 0 Å². The van der Waals surface area contributed by atoms with E-state index in [9.17, 15) is 0 Å². The Bertz CT molecular complexity index is 674. The molecular weight excluding hydrogens is 254 g/mol. The van der Waals surface area contributed by atoms with Gasteiger partial charge in [0, 0.05) is 17.8 Å². The number of para-hydroxylation sites is 1. The van der Waals surface area contributed by atoms with Crippen LogP contribution in [0.2, 0.25) is 0 Å². The van der Waals surface area contributed by atoms with Crippen molar-refractivity contribution in [2.45, 2.75) is 33.1 Å². The van der Waals surface area contributed by atoms with Gasteiger partial charge in [0.05, 0.1) is 5.70 Å². The van der Waals surface area contributed by atoms with Crippen molar-refractivity contribution in [1.82, 2.24) is 0 Å². The second kappa shape index (κ2) is 6.03. The molecule has 1 nitrogen and oxygen atoms in total. The van der Waals surface area contributed by atoms with E-state index in [-0.39, 0.29) is 0 Å². The molecule has 3 rings (SSSR count). The summed E-state index contributed by atoms with van der Waals surface area (Å²) in [5.41, 5.74) is 9.85. The molecule has 21 heavy (non-hydrogen) atoms. The van der Waals surface area contributed by atoms with E-state index in [1.54, 1.807) is 0 Å². The van der Waals surface area contributed by atoms with Crippen molar-refractivity contribution >= 4 is 11.4 Å². The fourth-order valence-corrected chi connectivity index (χ4v) is 2.75. The van der Waals surface area contributed by atoms with Crippen molar-refractivity contribution in [2.75, 3.05) is 4.90 Å². The smallest absolute Gasteiger partial charge is 0.0702 e. The van der Waals surface area contributed by atoms with E-state index in [1.165, 1.54) is 34.6 Å². The van der Waals surface area contributed by atoms with E-state index in [1.807, 2.05) is 0 Å². The molecule has 0 bridgehead atoms. The number of hydrogen-bond donors (Lipinski definition) is 0. The Labute approximate surface area is 127 Å². The third-order valence-corrected chi connectivity index (χ3v) is 3.81. The molecule has 1 aliphatic carbocycles. The summed E-state index contributed by atoms with van der Waals surface area (Å²) in [6.07, 6.45) is 3.35. The largest absolute Gasteiger partial charge is 0.307 e. The quantitative estimate of drug-likeness (QED) is 0.641. The Hall–Kier alpha value is -2.24. The first-order valence-corrected chi connectivity index (χ1v) is 7.67. The molecule has 0 spiro atoms. The molecule has 0 aliphatic heterocycles. The van der Waals surface area contributed by atoms with Gasteiger partial charge >= 0.3 is 0 Å². The minimum atomic E-state index is 1.02. The van der Waals surface area contributed by atoms with Crippen LogP contribution in [0.4, 0.5) is 11.4 Å². The molecule has 0 saturated carbocycles. The minimum absolute atomic E-state index is 1.02. The summed E-state index contributed by atoms with van der Waals surface area (Å²) < 4.78 is 0. The third kappa shape index (κ3) is 2.94. The van der Waals surface area contributed by atoms with Gasteiger partial charge in [-0.05, 0) is 48.7 Å². The monoisotopic (exact) mass is 275 g/mol. The van der Waals surface area contributed by atoms with E-state index in [2.05, 4.69) is 79.1 Å². The van der Waals surface area contributed by atoms with Crippen LogP contribution in [0.5, 0.6) is 0 Å². The van der Waals surface area contributed by atoms with Crippen LogP contribution in [0.3, 0.4) is 0 Å². The Balaban J connectivity index is 1.98. The molecule has 0 unspecified atom stereocenters. The van der Waals surface area contributed by atoms with Crippen molar-refractivity contribution in [3.05, 3.63) is 77.2 Å². The van der Waals surface area contributed by atoms with E-state index in [0.717, 1.165) is 12.8 Å². The summed E-state index contributed by atoms with van der Waals surface area (Å²) in [7, 11) is 0. The van der Waals surface area contributed by atoms with E-state index in [4.69, 9.17) is 0 Å². The summed E-state index contributed by atoms with van der Waals surface area (Å²) in [4.78, 5) is 2.31. The first-order valence-electron chi connectivity index (χ1n) is 7.67. The van der Waals surface area contributed by atoms with Crippen molar-refractivity contribution in [1.29, 1.82) is 0 Å². The lowest BCUT2D eigenvalue weighted by Crippen LogP contribution is -2.19. The van der Waals surface area contributed by atoms with Gasteiger partial charge in [-0.25, -0.2) is 0 Å². The van der Waals surface area contributed by atoms with Crippen LogP contribution in [-0.2, 0) is 6.42 Å². The lowest BCUT2D eigenvalue weighted by molar-refractivity contribution is 0.920. The maximum atomic E-state index is 3.44. The van der Waals surface area contributed by atoms with Crippen LogP contribution in [0.15, 0.2) is 71.6 Å². The fraction of sp³-hybridized carbons (Fsp3) is 0.250. The fourth-order valence-electron chi connectivity index (χ4n) is 2.75. The van der Waals surface area contributed by atoms with Crippen molar-refractivity contribution in [3.8, 4) is 0 Å². The maximum absolute atomic E-state index is 3.44. The van der Waals surface area contributed by atoms with Gasteiger partial charge in [0.1, 0.15) is 0 Å². The molecule has 0 aromatic heterocycles. The average Bonchev–Trinajstić information content (AvgIpc) is 2.49. The van der Waals surface area contributed by atoms with E-state index < -0.39 is 0 Å². The van der Waals surface area contributed by atoms with Gasteiger partial charge in [-0.2, -0.15) is 0 Å². The molecule has 0 heterocycles. The number of hydrogen-bond acceptors (Lipinski definition) is 1. The van der Waals surface area contributed by atoms with E-state index in [0.29, 0.717) is 0 Å². The molecule has 2 aromatic rings. The highest BCUT2D eigenvalue weighted by Gasteiger charge is 2.18. The summed E-state index contributed by atoms with van der Waals surface area (Å²) in [5.74, 6) is 0. The first kappa shape index (κ1) is 13.7. The molecule has 0 amide bonds. The van der Waals surface area contributed by atoms with Crippen LogP contribution < -0.4 is 4.90 Å². The van der Waals surface area contributed by atoms with Gasteiger partial charge in [0.2, 0.25) is 0 Å². The van der Waals surface area contributed by atoms with Gasteiger partial charge in [0.15, 0.2) is 0 Å². The average molecular weight is 275 g/mol. The summed E-state index contributed by atoms with van der Waals surface area (Å²) >= 11 is 0. The molecule has 0 N–H and O–H groups in total. The van der Waals surface area contributed by atoms with Crippen molar-refractivity contribution in [3.63, 3.8) is 0 Å². The zero-order valence-corrected chi connectivity index (χ0v) is 12.8. The standard InChI is InChI=1S/C20H21N/c1-3-7-17-10-12-19(13-11-17)21(20-14-16(2)15-20)18-8-5-4-6-9-18/h4-6,8-13H,3,7,14H2,1-2H3. The Morgan fingerprint density at radius 3 is 2.14 bits per heavy atom. The lowest BCUT2D eigenvalue weighted by Gasteiger charge is -2.29. The molecule has 1 heteroatoms. The van der Waals surface area contributed by atoms with Gasteiger partial charge in [-0.15, -0.1) is 0 Å². The van der Waals surface area contributed by atoms with Gasteiger partial charge in [0.25, 0.3) is 0 Å². The first-order chi connectivity index (χ1) is 10.3. The summed E-state index contributed by atoms with van der Waals surface area (Å²) in [6, 6.07) is 19.5. The molecule has 2 aromatic carbocycles. The molecule has 0 saturated heterocycles. The molecule has 1 aliphatic rings. The summed E-state index contributed by atoms with van der Waals surface area (Å²) in [6.45, 7) is 4.36. The number of anilines is 2. The Kier molecular flexibility index (Phi) is 3.94. The number of benzene rings is 2. The van der Waals surface area contributed by atoms with Crippen LogP contribution in [0.1, 0.15) is 32.3 Å². The molecule has 106 valence electrons. The highest BCUT2D eigenvalue weighted by molar-refractivity contribution is 5.69. The predicted octanol–water partition coefficient (Wildman–Crippen LogP) is 5.61. The SMILES string of the molecule is CCCc1ccc(N(C2=C=C(C)C2)c2ccccc2)cc1. The highest BCUT2D eigenvalue weighted by Crippen LogP contribution is 2.35. The maximum Gasteiger partial charge on any atom is 0.0702 e. The highest BCUT2D eigenvalue weighted by atomic mass is 15.1. The number of nitrogens with zero attached hydrogens (tertiary/aromatic N) is 1. The molecule has 0 radical (unpaired) electrons. The Morgan fingerprint density at radius 1 is 0.952 bits per heavy atom. The van der Waals surface area contributed by atoms with Gasteiger partial charge in [-0.3, -0.25) is 0 Å². The Morgan fingerprint density at radius 2 is 1.57 bits per heavy atom. The van der Waals surface area contributed by atoms with Gasteiger partial charge < -0.3 is 4.90 Å². The second-order valence-electron chi connectivity index (χ2n) is 5.62. The van der Waals surface area contributed by atoms with Crippen molar-refractivity contribution in [2.24, 2.45) is 0 Å². The third-order valence-electron chi connectivity index (χ3n) is 3.81. The topological polar surface area (TPSA) is 3.24 Å². The normalized spacial score (nSPS) is 13.2. The zero-order valence-electron chi connectivity index (χ0n) is 12.8.